The van der Waals surface area contributed by atoms with Gasteiger partial charge in [0, 0.05) is 30.4 Å². The number of aromatic nitrogens is 3. The van der Waals surface area contributed by atoms with Gasteiger partial charge in [0.15, 0.2) is 0 Å². The van der Waals surface area contributed by atoms with Crippen LogP contribution in [-0.2, 0) is 4.74 Å². The van der Waals surface area contributed by atoms with Crippen molar-refractivity contribution >= 4 is 39.4 Å². The van der Waals surface area contributed by atoms with E-state index in [1.165, 1.54) is 0 Å². The van der Waals surface area contributed by atoms with Crippen molar-refractivity contribution in [2.75, 3.05) is 13.2 Å². The highest BCUT2D eigenvalue weighted by molar-refractivity contribution is 14.1. The molecule has 134 valence electrons. The van der Waals surface area contributed by atoms with Gasteiger partial charge < -0.3 is 10.1 Å². The molecule has 1 unspecified atom stereocenters. The minimum Gasteiger partial charge on any atom is -0.381 e. The number of carbonyl (C=O) groups excluding carboxylic acids is 1. The van der Waals surface area contributed by atoms with Crippen molar-refractivity contribution in [3.05, 3.63) is 57.6 Å². The average Bonchev–Trinajstić information content (AvgIpc) is 3.07. The summed E-state index contributed by atoms with van der Waals surface area (Å²) in [5.74, 6) is 0.228. The van der Waals surface area contributed by atoms with Crippen LogP contribution in [0.15, 0.2) is 42.6 Å². The van der Waals surface area contributed by atoms with Crippen molar-refractivity contribution in [2.45, 2.75) is 18.9 Å². The molecule has 0 saturated carbocycles. The third-order valence-electron chi connectivity index (χ3n) is 4.81. The molecule has 2 aromatic heterocycles. The molecule has 3 aromatic rings. The number of ether oxygens (including phenoxy) is 1. The van der Waals surface area contributed by atoms with Crippen molar-refractivity contribution in [1.29, 1.82) is 0 Å². The van der Waals surface area contributed by atoms with E-state index in [1.807, 2.05) is 36.4 Å². The predicted molar refractivity (Wildman–Crippen MR) is 107 cm³/mol. The zero-order chi connectivity index (χ0) is 17.9. The summed E-state index contributed by atoms with van der Waals surface area (Å²) in [6.07, 6.45) is 3.61. The van der Waals surface area contributed by atoms with Gasteiger partial charge in [-0.25, -0.2) is 0 Å². The third-order valence-corrected chi connectivity index (χ3v) is 5.63. The van der Waals surface area contributed by atoms with Gasteiger partial charge in [0.05, 0.1) is 17.3 Å². The van der Waals surface area contributed by atoms with Crippen molar-refractivity contribution in [3.63, 3.8) is 0 Å². The number of pyridine rings is 1. The molecule has 26 heavy (non-hydrogen) atoms. The number of aromatic amines is 1. The Morgan fingerprint density at radius 1 is 1.27 bits per heavy atom. The number of carbonyl (C=O) groups is 1. The van der Waals surface area contributed by atoms with Gasteiger partial charge in [-0.1, -0.05) is 6.07 Å². The molecule has 7 heteroatoms. The van der Waals surface area contributed by atoms with Crippen molar-refractivity contribution in [1.82, 2.24) is 20.5 Å². The second-order valence-corrected chi connectivity index (χ2v) is 7.45. The number of amides is 1. The van der Waals surface area contributed by atoms with E-state index in [9.17, 15) is 4.79 Å². The van der Waals surface area contributed by atoms with Gasteiger partial charge in [-0.2, -0.15) is 5.10 Å². The Balaban J connectivity index is 1.61. The molecule has 0 radical (unpaired) electrons. The summed E-state index contributed by atoms with van der Waals surface area (Å²) in [6.45, 7) is 1.45. The zero-order valence-electron chi connectivity index (χ0n) is 14.1. The first-order chi connectivity index (χ1) is 12.7. The number of benzene rings is 1. The van der Waals surface area contributed by atoms with Crippen LogP contribution < -0.4 is 5.32 Å². The van der Waals surface area contributed by atoms with Gasteiger partial charge in [0.25, 0.3) is 5.91 Å². The first-order valence-corrected chi connectivity index (χ1v) is 9.73. The summed E-state index contributed by atoms with van der Waals surface area (Å²) in [6, 6.07) is 11.3. The van der Waals surface area contributed by atoms with Gasteiger partial charge in [0.2, 0.25) is 0 Å². The second-order valence-electron chi connectivity index (χ2n) is 6.43. The highest BCUT2D eigenvalue weighted by atomic mass is 127. The van der Waals surface area contributed by atoms with Crippen molar-refractivity contribution in [3.8, 4) is 0 Å². The molecule has 1 atom stereocenters. The van der Waals surface area contributed by atoms with Crippen LogP contribution in [0.4, 0.5) is 0 Å². The molecule has 1 aromatic carbocycles. The molecule has 2 N–H and O–H groups in total. The van der Waals surface area contributed by atoms with E-state index in [1.54, 1.807) is 6.20 Å². The molecule has 3 heterocycles. The minimum absolute atomic E-state index is 0.0916. The molecule has 0 bridgehead atoms. The van der Waals surface area contributed by atoms with Gasteiger partial charge in [0.1, 0.15) is 3.70 Å². The van der Waals surface area contributed by atoms with Crippen LogP contribution in [0.25, 0.3) is 10.9 Å². The zero-order valence-corrected chi connectivity index (χ0v) is 16.3. The Morgan fingerprint density at radius 3 is 2.88 bits per heavy atom. The van der Waals surface area contributed by atoms with Gasteiger partial charge in [-0.3, -0.25) is 14.9 Å². The van der Waals surface area contributed by atoms with E-state index >= 15 is 0 Å². The number of hydrogen-bond acceptors (Lipinski definition) is 4. The normalized spacial score (nSPS) is 16.5. The maximum absolute atomic E-state index is 12.9. The lowest BCUT2D eigenvalue weighted by molar-refractivity contribution is 0.0508. The lowest BCUT2D eigenvalue weighted by Crippen LogP contribution is -2.36. The smallest absolute Gasteiger partial charge is 0.251 e. The summed E-state index contributed by atoms with van der Waals surface area (Å²) in [5.41, 5.74) is 2.45. The van der Waals surface area contributed by atoms with Crippen LogP contribution in [0.5, 0.6) is 0 Å². The SMILES string of the molecule is O=C(NC(c1ccccn1)C1CCOCC1)c1ccc2[nH]nc(I)c2c1. The molecule has 1 amide bonds. The molecular formula is C19H19IN4O2. The van der Waals surface area contributed by atoms with E-state index in [-0.39, 0.29) is 11.9 Å². The van der Waals surface area contributed by atoms with E-state index in [0.717, 1.165) is 46.4 Å². The van der Waals surface area contributed by atoms with Crippen LogP contribution in [0.1, 0.15) is 34.9 Å². The minimum atomic E-state index is -0.119. The summed E-state index contributed by atoms with van der Waals surface area (Å²) in [7, 11) is 0. The third kappa shape index (κ3) is 3.59. The number of nitrogens with one attached hydrogen (secondary N) is 2. The highest BCUT2D eigenvalue weighted by Gasteiger charge is 2.28. The maximum atomic E-state index is 12.9. The monoisotopic (exact) mass is 462 g/mol. The first-order valence-electron chi connectivity index (χ1n) is 8.65. The Bertz CT molecular complexity index is 906. The largest absolute Gasteiger partial charge is 0.381 e. The predicted octanol–water partition coefficient (Wildman–Crippen LogP) is 3.46. The summed E-state index contributed by atoms with van der Waals surface area (Å²) >= 11 is 2.17. The summed E-state index contributed by atoms with van der Waals surface area (Å²) < 4.78 is 6.34. The fourth-order valence-electron chi connectivity index (χ4n) is 3.39. The van der Waals surface area contributed by atoms with Crippen LogP contribution in [0.2, 0.25) is 0 Å². The number of fused-ring (bicyclic) bond motifs is 1. The molecule has 4 rings (SSSR count). The Labute approximate surface area is 164 Å². The Morgan fingerprint density at radius 2 is 2.12 bits per heavy atom. The lowest BCUT2D eigenvalue weighted by Gasteiger charge is -2.30. The molecule has 0 spiro atoms. The average molecular weight is 462 g/mol. The molecule has 1 aliphatic rings. The van der Waals surface area contributed by atoms with Crippen molar-refractivity contribution < 1.29 is 9.53 Å². The standard InChI is InChI=1S/C19H19IN4O2/c20-18-14-11-13(4-5-15(14)23-24-18)19(25)22-17(12-6-9-26-10-7-12)16-3-1-2-8-21-16/h1-5,8,11-12,17H,6-7,9-10H2,(H,22,25)(H,23,24). The fraction of sp³-hybridized carbons (Fsp3) is 0.316. The molecule has 1 fully saturated rings. The molecule has 0 aliphatic carbocycles. The quantitative estimate of drug-likeness (QED) is 0.583. The first kappa shape index (κ1) is 17.4. The number of rotatable bonds is 4. The van der Waals surface area contributed by atoms with Crippen LogP contribution in [0.3, 0.4) is 0 Å². The molecule has 1 saturated heterocycles. The lowest BCUT2D eigenvalue weighted by atomic mass is 9.89. The number of hydrogen-bond donors (Lipinski definition) is 2. The molecule has 6 nitrogen and oxygen atoms in total. The fourth-order valence-corrected chi connectivity index (χ4v) is 3.96. The van der Waals surface area contributed by atoms with E-state index in [2.05, 4.69) is 43.1 Å². The van der Waals surface area contributed by atoms with E-state index in [0.29, 0.717) is 11.5 Å². The van der Waals surface area contributed by atoms with Crippen molar-refractivity contribution in [2.24, 2.45) is 5.92 Å². The van der Waals surface area contributed by atoms with Crippen LogP contribution in [0, 0.1) is 9.62 Å². The Kier molecular flexibility index (Phi) is 5.16. The van der Waals surface area contributed by atoms with Crippen LogP contribution in [-0.4, -0.2) is 34.3 Å². The van der Waals surface area contributed by atoms with Gasteiger partial charge >= 0.3 is 0 Å². The molecule has 1 aliphatic heterocycles. The number of H-pyrrole nitrogens is 1. The van der Waals surface area contributed by atoms with E-state index in [4.69, 9.17) is 4.74 Å². The number of halogens is 1. The maximum Gasteiger partial charge on any atom is 0.251 e. The highest BCUT2D eigenvalue weighted by Crippen LogP contribution is 2.29. The summed E-state index contributed by atoms with van der Waals surface area (Å²) in [5, 5.41) is 11.3. The van der Waals surface area contributed by atoms with E-state index < -0.39 is 0 Å². The second kappa shape index (κ2) is 7.71. The summed E-state index contributed by atoms with van der Waals surface area (Å²) in [4.78, 5) is 17.4. The molecular weight excluding hydrogens is 443 g/mol. The number of nitrogens with zero attached hydrogens (tertiary/aromatic N) is 2. The van der Waals surface area contributed by atoms with Gasteiger partial charge in [-0.15, -0.1) is 0 Å². The topological polar surface area (TPSA) is 79.9 Å². The Hall–Kier alpha value is -2.00. The van der Waals surface area contributed by atoms with Crippen LogP contribution >= 0.6 is 22.6 Å². The van der Waals surface area contributed by atoms with Gasteiger partial charge in [-0.05, 0) is 71.7 Å².